The highest BCUT2D eigenvalue weighted by Gasteiger charge is 2.20. The van der Waals surface area contributed by atoms with E-state index in [0.29, 0.717) is 5.82 Å². The molecule has 3 N–H and O–H groups in total. The lowest BCUT2D eigenvalue weighted by Gasteiger charge is -2.21. The first-order valence-corrected chi connectivity index (χ1v) is 8.17. The minimum Gasteiger partial charge on any atom is -0.357 e. The molecular weight excluding hydrogens is 312 g/mol. The van der Waals surface area contributed by atoms with Gasteiger partial charge < -0.3 is 4.98 Å². The highest BCUT2D eigenvalue weighted by atomic mass is 15.7. The smallest absolute Gasteiger partial charge is 0.174 e. The predicted molar refractivity (Wildman–Crippen MR) is 101 cm³/mol. The van der Waals surface area contributed by atoms with Crippen molar-refractivity contribution in [1.29, 1.82) is 0 Å². The molecule has 0 amide bonds. The van der Waals surface area contributed by atoms with Gasteiger partial charge in [-0.15, -0.1) is 0 Å². The molecule has 2 aromatic carbocycles. The zero-order valence-electron chi connectivity index (χ0n) is 13.4. The molecule has 6 nitrogen and oxygen atoms in total. The molecular formula is C19H18N6. The minimum absolute atomic E-state index is 0. The molecule has 0 bridgehead atoms. The van der Waals surface area contributed by atoms with Crippen LogP contribution in [0.3, 0.4) is 0 Å². The molecule has 0 saturated carbocycles. The Labute approximate surface area is 146 Å². The number of hydrogen-bond donors (Lipinski definition) is 3. The Bertz CT molecular complexity index is 1050. The molecule has 0 atom stereocenters. The summed E-state index contributed by atoms with van der Waals surface area (Å²) < 4.78 is 0. The van der Waals surface area contributed by atoms with Crippen molar-refractivity contribution in [2.45, 2.75) is 6.54 Å². The Hall–Kier alpha value is -3.38. The number of anilines is 2. The summed E-state index contributed by atoms with van der Waals surface area (Å²) in [5.74, 6) is 1.43. The fraction of sp³-hybridized carbons (Fsp3) is 0.0526. The molecule has 0 fully saturated rings. The first-order valence-electron chi connectivity index (χ1n) is 8.17. The molecule has 0 radical (unpaired) electrons. The van der Waals surface area contributed by atoms with Crippen LogP contribution in [0.25, 0.3) is 22.4 Å². The number of para-hydroxylation sites is 1. The first kappa shape index (κ1) is 14.0. The van der Waals surface area contributed by atoms with E-state index in [4.69, 9.17) is 4.98 Å². The minimum atomic E-state index is 0. The topological polar surface area (TPSA) is 68.9 Å². The molecule has 25 heavy (non-hydrogen) atoms. The number of aromatic amines is 1. The fourth-order valence-corrected chi connectivity index (χ4v) is 3.08. The fourth-order valence-electron chi connectivity index (χ4n) is 3.08. The van der Waals surface area contributed by atoms with Crippen molar-refractivity contribution in [1.82, 2.24) is 20.4 Å². The molecule has 5 rings (SSSR count). The Kier molecular flexibility index (Phi) is 3.14. The van der Waals surface area contributed by atoms with Crippen LogP contribution in [0.1, 0.15) is 6.99 Å². The lowest BCUT2D eigenvalue weighted by molar-refractivity contribution is 0.725. The van der Waals surface area contributed by atoms with Crippen LogP contribution < -0.4 is 16.0 Å². The zero-order chi connectivity index (χ0) is 16.6. The zero-order valence-corrected chi connectivity index (χ0v) is 13.4. The maximum Gasteiger partial charge on any atom is 0.174 e. The normalized spacial score (nSPS) is 13.2. The van der Waals surface area contributed by atoms with E-state index in [1.165, 1.54) is 5.56 Å². The van der Waals surface area contributed by atoms with Gasteiger partial charge in [0.2, 0.25) is 0 Å². The number of nitrogens with zero attached hydrogens (tertiary/aromatic N) is 3. The second-order valence-corrected chi connectivity index (χ2v) is 5.91. The van der Waals surface area contributed by atoms with Gasteiger partial charge in [-0.05, 0) is 17.7 Å². The molecule has 4 aromatic rings. The first-order chi connectivity index (χ1) is 12.4. The van der Waals surface area contributed by atoms with Crippen molar-refractivity contribution in [3.8, 4) is 11.4 Å². The second-order valence-electron chi connectivity index (χ2n) is 5.91. The van der Waals surface area contributed by atoms with E-state index in [1.807, 2.05) is 59.8 Å². The molecule has 0 unspecified atom stereocenters. The van der Waals surface area contributed by atoms with Gasteiger partial charge >= 0.3 is 0 Å². The van der Waals surface area contributed by atoms with Crippen LogP contribution in [0.4, 0.5) is 11.5 Å². The number of benzene rings is 2. The molecule has 2 aromatic heterocycles. The molecule has 1 aliphatic rings. The van der Waals surface area contributed by atoms with Crippen LogP contribution in [-0.4, -0.2) is 15.0 Å². The van der Waals surface area contributed by atoms with Gasteiger partial charge in [-0.25, -0.2) is 20.5 Å². The van der Waals surface area contributed by atoms with Gasteiger partial charge in [0.25, 0.3) is 0 Å². The summed E-state index contributed by atoms with van der Waals surface area (Å²) in [5.41, 5.74) is 11.8. The van der Waals surface area contributed by atoms with E-state index in [9.17, 15) is 0 Å². The van der Waals surface area contributed by atoms with Crippen molar-refractivity contribution in [2.24, 2.45) is 0 Å². The van der Waals surface area contributed by atoms with Crippen LogP contribution in [0, 0.1) is 0 Å². The second kappa shape index (κ2) is 5.61. The van der Waals surface area contributed by atoms with Gasteiger partial charge in [0.05, 0.1) is 11.2 Å². The largest absolute Gasteiger partial charge is 0.357 e. The molecule has 0 aliphatic carbocycles. The third-order valence-electron chi connectivity index (χ3n) is 4.32. The van der Waals surface area contributed by atoms with Gasteiger partial charge in [-0.3, -0.25) is 5.43 Å². The number of hydrazine groups is 2. The molecule has 6 heteroatoms. The Morgan fingerprint density at radius 3 is 2.72 bits per heavy atom. The summed E-state index contributed by atoms with van der Waals surface area (Å²) >= 11 is 0. The molecule has 3 heterocycles. The Morgan fingerprint density at radius 2 is 1.80 bits per heavy atom. The standard InChI is InChI=1S/C19H16N6.H2/c1-2-6-13(7-3-1)18-22-15-10-11-20-17(15)19(23-18)24-25-16-9-5-4-8-14(16)12-21-25;/h1-11,20-21H,12H2,(H,22,23,24);1H. The highest BCUT2D eigenvalue weighted by molar-refractivity contribution is 5.88. The van der Waals surface area contributed by atoms with Crippen LogP contribution in [0.2, 0.25) is 0 Å². The van der Waals surface area contributed by atoms with Crippen LogP contribution in [0.15, 0.2) is 66.9 Å². The van der Waals surface area contributed by atoms with E-state index < -0.39 is 0 Å². The predicted octanol–water partition coefficient (Wildman–Crippen LogP) is 3.72. The number of rotatable bonds is 3. The number of hydrogen-bond acceptors (Lipinski definition) is 5. The van der Waals surface area contributed by atoms with Crippen molar-refractivity contribution in [3.63, 3.8) is 0 Å². The van der Waals surface area contributed by atoms with Crippen molar-refractivity contribution < 1.29 is 1.43 Å². The average molecular weight is 330 g/mol. The van der Waals surface area contributed by atoms with E-state index >= 15 is 0 Å². The van der Waals surface area contributed by atoms with Gasteiger partial charge in [0.15, 0.2) is 11.6 Å². The summed E-state index contributed by atoms with van der Waals surface area (Å²) in [4.78, 5) is 12.6. The lowest BCUT2D eigenvalue weighted by Crippen LogP contribution is -2.37. The monoisotopic (exact) mass is 330 g/mol. The number of H-pyrrole nitrogens is 1. The molecule has 0 spiro atoms. The molecule has 124 valence electrons. The SMILES string of the molecule is [HH].c1ccc(-c2nc(NN3NCc4ccccc43)c3[nH]ccc3n2)cc1. The number of aromatic nitrogens is 3. The number of nitrogens with one attached hydrogen (secondary N) is 3. The number of fused-ring (bicyclic) bond motifs is 2. The van der Waals surface area contributed by atoms with Crippen LogP contribution in [0.5, 0.6) is 0 Å². The Morgan fingerprint density at radius 1 is 0.960 bits per heavy atom. The third kappa shape index (κ3) is 2.40. The van der Waals surface area contributed by atoms with E-state index in [2.05, 4.69) is 33.0 Å². The maximum absolute atomic E-state index is 4.74. The van der Waals surface area contributed by atoms with Crippen molar-refractivity contribution in [3.05, 3.63) is 72.4 Å². The summed E-state index contributed by atoms with van der Waals surface area (Å²) in [6, 6.07) is 20.2. The van der Waals surface area contributed by atoms with Crippen LogP contribution in [-0.2, 0) is 6.54 Å². The third-order valence-corrected chi connectivity index (χ3v) is 4.32. The Balaban J connectivity index is 0.00000168. The average Bonchev–Trinajstić information content (AvgIpc) is 3.30. The lowest BCUT2D eigenvalue weighted by atomic mass is 10.2. The summed E-state index contributed by atoms with van der Waals surface area (Å²) in [7, 11) is 0. The van der Waals surface area contributed by atoms with Gasteiger partial charge in [-0.2, -0.15) is 0 Å². The van der Waals surface area contributed by atoms with E-state index in [-0.39, 0.29) is 1.43 Å². The van der Waals surface area contributed by atoms with Crippen molar-refractivity contribution in [2.75, 3.05) is 10.5 Å². The quantitative estimate of drug-likeness (QED) is 0.534. The highest BCUT2D eigenvalue weighted by Crippen LogP contribution is 2.28. The van der Waals surface area contributed by atoms with Crippen molar-refractivity contribution >= 4 is 22.5 Å². The van der Waals surface area contributed by atoms with Gasteiger partial charge in [-0.1, -0.05) is 48.5 Å². The molecule has 1 aliphatic heterocycles. The van der Waals surface area contributed by atoms with Gasteiger partial charge in [0, 0.05) is 19.7 Å². The maximum atomic E-state index is 4.74. The van der Waals surface area contributed by atoms with Gasteiger partial charge in [0.1, 0.15) is 5.52 Å². The summed E-state index contributed by atoms with van der Waals surface area (Å²) in [5, 5.41) is 1.91. The van der Waals surface area contributed by atoms with E-state index in [0.717, 1.165) is 34.6 Å². The van der Waals surface area contributed by atoms with Crippen LogP contribution >= 0.6 is 0 Å². The van der Waals surface area contributed by atoms with E-state index in [1.54, 1.807) is 0 Å². The molecule has 0 saturated heterocycles. The summed E-state index contributed by atoms with van der Waals surface area (Å²) in [6.07, 6.45) is 1.88. The summed E-state index contributed by atoms with van der Waals surface area (Å²) in [6.45, 7) is 0.785.